The molecule has 2 rings (SSSR count). The number of rotatable bonds is 6. The highest BCUT2D eigenvalue weighted by molar-refractivity contribution is 7.89. The van der Waals surface area contributed by atoms with Crippen molar-refractivity contribution in [1.29, 1.82) is 0 Å². The molecule has 0 saturated heterocycles. The summed E-state index contributed by atoms with van der Waals surface area (Å²) in [6, 6.07) is 6.52. The Hall–Kier alpha value is -1.11. The summed E-state index contributed by atoms with van der Waals surface area (Å²) < 4.78 is 32.6. The van der Waals surface area contributed by atoms with Gasteiger partial charge in [0, 0.05) is 12.6 Å². The van der Waals surface area contributed by atoms with Gasteiger partial charge in [0.05, 0.1) is 4.90 Å². The van der Waals surface area contributed by atoms with Crippen molar-refractivity contribution in [2.75, 3.05) is 13.2 Å². The van der Waals surface area contributed by atoms with Crippen LogP contribution in [0.1, 0.15) is 32.1 Å². The van der Waals surface area contributed by atoms with Gasteiger partial charge in [0.1, 0.15) is 12.4 Å². The smallest absolute Gasteiger partial charge is 0.240 e. The summed E-state index contributed by atoms with van der Waals surface area (Å²) in [6.07, 6.45) is 5.25. The molecule has 1 saturated carbocycles. The van der Waals surface area contributed by atoms with Crippen molar-refractivity contribution in [1.82, 2.24) is 4.72 Å². The fourth-order valence-electron chi connectivity index (χ4n) is 2.40. The number of nitrogens with two attached hydrogens (primary N) is 1. The fraction of sp³-hybridized carbons (Fsp3) is 0.571. The largest absolute Gasteiger partial charge is 0.492 e. The highest BCUT2D eigenvalue weighted by Crippen LogP contribution is 2.21. The Kier molecular flexibility index (Phi) is 5.39. The van der Waals surface area contributed by atoms with Gasteiger partial charge in [0.15, 0.2) is 0 Å². The second-order valence-electron chi connectivity index (χ2n) is 5.06. The van der Waals surface area contributed by atoms with E-state index in [1.807, 2.05) is 0 Å². The second kappa shape index (κ2) is 7.06. The minimum Gasteiger partial charge on any atom is -0.492 e. The second-order valence-corrected chi connectivity index (χ2v) is 6.78. The molecule has 0 radical (unpaired) electrons. The first-order valence-electron chi connectivity index (χ1n) is 7.07. The standard InChI is InChI=1S/C14H22N2O3S/c15-10-11-19-13-6-8-14(9-7-13)20(17,18)16-12-4-2-1-3-5-12/h6-9,12,16H,1-5,10-11,15H2. The zero-order valence-electron chi connectivity index (χ0n) is 11.5. The van der Waals surface area contributed by atoms with E-state index in [0.29, 0.717) is 18.9 Å². The Bertz CT molecular complexity index is 508. The Morgan fingerprint density at radius 3 is 2.40 bits per heavy atom. The summed E-state index contributed by atoms with van der Waals surface area (Å²) in [5.74, 6) is 0.632. The maximum atomic E-state index is 12.3. The first kappa shape index (κ1) is 15.3. The van der Waals surface area contributed by atoms with Crippen molar-refractivity contribution >= 4 is 10.0 Å². The Morgan fingerprint density at radius 2 is 1.80 bits per heavy atom. The fourth-order valence-corrected chi connectivity index (χ4v) is 3.70. The van der Waals surface area contributed by atoms with Crippen LogP contribution >= 0.6 is 0 Å². The van der Waals surface area contributed by atoms with Crippen molar-refractivity contribution in [2.45, 2.75) is 43.0 Å². The topological polar surface area (TPSA) is 81.4 Å². The third kappa shape index (κ3) is 4.19. The molecule has 1 aromatic carbocycles. The molecule has 0 atom stereocenters. The predicted molar refractivity (Wildman–Crippen MR) is 78.2 cm³/mol. The summed E-state index contributed by atoms with van der Waals surface area (Å²) in [4.78, 5) is 0.281. The quantitative estimate of drug-likeness (QED) is 0.836. The molecule has 0 aliphatic heterocycles. The van der Waals surface area contributed by atoms with Gasteiger partial charge in [-0.1, -0.05) is 19.3 Å². The third-order valence-corrected chi connectivity index (χ3v) is 4.98. The molecule has 3 N–H and O–H groups in total. The van der Waals surface area contributed by atoms with Crippen molar-refractivity contribution in [3.05, 3.63) is 24.3 Å². The highest BCUT2D eigenvalue weighted by Gasteiger charge is 2.21. The van der Waals surface area contributed by atoms with Crippen LogP contribution in [0.2, 0.25) is 0 Å². The van der Waals surface area contributed by atoms with Crippen molar-refractivity contribution in [3.8, 4) is 5.75 Å². The lowest BCUT2D eigenvalue weighted by molar-refractivity contribution is 0.328. The average Bonchev–Trinajstić information content (AvgIpc) is 2.46. The molecule has 112 valence electrons. The molecule has 0 aromatic heterocycles. The SMILES string of the molecule is NCCOc1ccc(S(=O)(=O)NC2CCCCC2)cc1. The minimum atomic E-state index is -3.43. The van der Waals surface area contributed by atoms with E-state index in [-0.39, 0.29) is 10.9 Å². The van der Waals surface area contributed by atoms with E-state index in [1.54, 1.807) is 24.3 Å². The van der Waals surface area contributed by atoms with E-state index < -0.39 is 10.0 Å². The summed E-state index contributed by atoms with van der Waals surface area (Å²) in [7, 11) is -3.43. The lowest BCUT2D eigenvalue weighted by Gasteiger charge is -2.22. The molecule has 6 heteroatoms. The van der Waals surface area contributed by atoms with Gasteiger partial charge >= 0.3 is 0 Å². The zero-order chi connectivity index (χ0) is 14.4. The molecule has 1 fully saturated rings. The molecule has 0 unspecified atom stereocenters. The molecule has 0 heterocycles. The van der Waals surface area contributed by atoms with E-state index in [0.717, 1.165) is 25.7 Å². The Morgan fingerprint density at radius 1 is 1.15 bits per heavy atom. The van der Waals surface area contributed by atoms with Gasteiger partial charge in [0.2, 0.25) is 10.0 Å². The summed E-state index contributed by atoms with van der Waals surface area (Å²) in [5, 5.41) is 0. The first-order valence-corrected chi connectivity index (χ1v) is 8.55. The maximum absolute atomic E-state index is 12.3. The Labute approximate surface area is 120 Å². The van der Waals surface area contributed by atoms with E-state index in [4.69, 9.17) is 10.5 Å². The van der Waals surface area contributed by atoms with Crippen LogP contribution in [-0.2, 0) is 10.0 Å². The Balaban J connectivity index is 2.01. The zero-order valence-corrected chi connectivity index (χ0v) is 12.4. The number of nitrogens with one attached hydrogen (secondary N) is 1. The molecule has 1 aliphatic carbocycles. The van der Waals surface area contributed by atoms with Gasteiger partial charge in [-0.3, -0.25) is 0 Å². The van der Waals surface area contributed by atoms with Crippen LogP contribution in [0.5, 0.6) is 5.75 Å². The van der Waals surface area contributed by atoms with Crippen molar-refractivity contribution in [3.63, 3.8) is 0 Å². The molecule has 0 bridgehead atoms. The molecular formula is C14H22N2O3S. The monoisotopic (exact) mass is 298 g/mol. The lowest BCUT2D eigenvalue weighted by Crippen LogP contribution is -2.36. The lowest BCUT2D eigenvalue weighted by atomic mass is 9.96. The van der Waals surface area contributed by atoms with Crippen molar-refractivity contribution < 1.29 is 13.2 Å². The minimum absolute atomic E-state index is 0.0712. The molecule has 1 aliphatic rings. The number of hydrogen-bond acceptors (Lipinski definition) is 4. The molecule has 5 nitrogen and oxygen atoms in total. The van der Waals surface area contributed by atoms with Crippen LogP contribution in [0.25, 0.3) is 0 Å². The molecule has 0 amide bonds. The maximum Gasteiger partial charge on any atom is 0.240 e. The van der Waals surface area contributed by atoms with Gasteiger partial charge in [-0.25, -0.2) is 13.1 Å². The van der Waals surface area contributed by atoms with Crippen molar-refractivity contribution in [2.24, 2.45) is 5.73 Å². The van der Waals surface area contributed by atoms with Gasteiger partial charge in [0.25, 0.3) is 0 Å². The molecule has 0 spiro atoms. The molecule has 20 heavy (non-hydrogen) atoms. The predicted octanol–water partition coefficient (Wildman–Crippen LogP) is 1.64. The van der Waals surface area contributed by atoms with Crippen LogP contribution in [0.15, 0.2) is 29.2 Å². The van der Waals surface area contributed by atoms with Crippen LogP contribution in [0, 0.1) is 0 Å². The highest BCUT2D eigenvalue weighted by atomic mass is 32.2. The average molecular weight is 298 g/mol. The van der Waals surface area contributed by atoms with Crippen LogP contribution in [0.4, 0.5) is 0 Å². The first-order chi connectivity index (χ1) is 9.62. The van der Waals surface area contributed by atoms with E-state index in [9.17, 15) is 8.42 Å². The number of sulfonamides is 1. The van der Waals surface area contributed by atoms with Gasteiger partial charge in [-0.2, -0.15) is 0 Å². The number of benzene rings is 1. The molecule has 1 aromatic rings. The van der Waals surface area contributed by atoms with Crippen LogP contribution < -0.4 is 15.2 Å². The summed E-state index contributed by atoms with van der Waals surface area (Å²) >= 11 is 0. The van der Waals surface area contributed by atoms with Gasteiger partial charge in [-0.15, -0.1) is 0 Å². The van der Waals surface area contributed by atoms with Crippen LogP contribution in [0.3, 0.4) is 0 Å². The van der Waals surface area contributed by atoms with E-state index in [1.165, 1.54) is 6.42 Å². The van der Waals surface area contributed by atoms with E-state index >= 15 is 0 Å². The van der Waals surface area contributed by atoms with Gasteiger partial charge < -0.3 is 10.5 Å². The number of hydrogen-bond donors (Lipinski definition) is 2. The number of ether oxygens (including phenoxy) is 1. The van der Waals surface area contributed by atoms with Crippen LogP contribution in [-0.4, -0.2) is 27.6 Å². The van der Waals surface area contributed by atoms with E-state index in [2.05, 4.69) is 4.72 Å². The normalized spacial score (nSPS) is 17.1. The third-order valence-electron chi connectivity index (χ3n) is 3.45. The summed E-state index contributed by atoms with van der Waals surface area (Å²) in [5.41, 5.74) is 5.35. The van der Waals surface area contributed by atoms with Gasteiger partial charge in [-0.05, 0) is 37.1 Å². The molecular weight excluding hydrogens is 276 g/mol. The summed E-state index contributed by atoms with van der Waals surface area (Å²) in [6.45, 7) is 0.857.